The molecule has 0 aromatic rings. The molecule has 0 fully saturated rings. The number of hydrogen-bond donors (Lipinski definition) is 2. The molecule has 0 bridgehead atoms. The molecule has 18 heavy (non-hydrogen) atoms. The number of methoxy groups -OCH3 is 1. The van der Waals surface area contributed by atoms with Gasteiger partial charge in [0, 0.05) is 19.7 Å². The third-order valence-electron chi connectivity index (χ3n) is 1.85. The summed E-state index contributed by atoms with van der Waals surface area (Å²) in [5, 5.41) is 0. The van der Waals surface area contributed by atoms with E-state index in [0.717, 1.165) is 0 Å². The highest BCUT2D eigenvalue weighted by Crippen LogP contribution is 2.34. The van der Waals surface area contributed by atoms with Gasteiger partial charge in [0.2, 0.25) is 0 Å². The standard InChI is InChI=1S/C11H21ClN2O3S/c1-5-17-7-6-13-14-8-11(3,12)18-9(2)10(15)16-4/h13-14H,2,5-8H2,1,3-4H3. The van der Waals surface area contributed by atoms with Gasteiger partial charge in [-0.2, -0.15) is 0 Å². The van der Waals surface area contributed by atoms with Crippen LogP contribution in [0.25, 0.3) is 0 Å². The first-order valence-electron chi connectivity index (χ1n) is 5.61. The van der Waals surface area contributed by atoms with Crippen LogP contribution >= 0.6 is 23.4 Å². The van der Waals surface area contributed by atoms with Gasteiger partial charge in [-0.15, -0.1) is 11.6 Å². The van der Waals surface area contributed by atoms with Crippen molar-refractivity contribution in [2.24, 2.45) is 0 Å². The van der Waals surface area contributed by atoms with E-state index in [9.17, 15) is 4.79 Å². The summed E-state index contributed by atoms with van der Waals surface area (Å²) < 4.78 is 9.04. The predicted molar refractivity (Wildman–Crippen MR) is 75.5 cm³/mol. The molecule has 2 N–H and O–H groups in total. The maximum Gasteiger partial charge on any atom is 0.343 e. The number of carbonyl (C=O) groups is 1. The number of rotatable bonds is 10. The summed E-state index contributed by atoms with van der Waals surface area (Å²) in [5.74, 6) is -0.462. The number of esters is 1. The highest BCUT2D eigenvalue weighted by Gasteiger charge is 2.25. The molecule has 0 aliphatic rings. The normalized spacial score (nSPS) is 14.0. The molecule has 5 nitrogen and oxygen atoms in total. The summed E-state index contributed by atoms with van der Waals surface area (Å²) in [5.41, 5.74) is 5.95. The summed E-state index contributed by atoms with van der Waals surface area (Å²) in [4.78, 5) is 11.5. The van der Waals surface area contributed by atoms with Crippen LogP contribution in [0.1, 0.15) is 13.8 Å². The minimum atomic E-state index is -0.677. The fraction of sp³-hybridized carbons (Fsp3) is 0.727. The number of carbonyl (C=O) groups excluding carboxylic acids is 1. The fourth-order valence-electron chi connectivity index (χ4n) is 1.02. The lowest BCUT2D eigenvalue weighted by atomic mass is 10.5. The SMILES string of the molecule is C=C(SC(C)(Cl)CNNCCOCC)C(=O)OC. The first kappa shape index (κ1) is 17.7. The van der Waals surface area contributed by atoms with Crippen molar-refractivity contribution in [1.29, 1.82) is 0 Å². The molecule has 0 aromatic carbocycles. The highest BCUT2D eigenvalue weighted by atomic mass is 35.5. The summed E-state index contributed by atoms with van der Waals surface area (Å²) in [6.45, 7) is 9.83. The van der Waals surface area contributed by atoms with Crippen molar-refractivity contribution in [1.82, 2.24) is 10.9 Å². The lowest BCUT2D eigenvalue weighted by Crippen LogP contribution is -2.41. The Bertz CT molecular complexity index is 275. The molecule has 0 aliphatic heterocycles. The predicted octanol–water partition coefficient (Wildman–Crippen LogP) is 1.49. The lowest BCUT2D eigenvalue weighted by Gasteiger charge is -2.22. The van der Waals surface area contributed by atoms with Gasteiger partial charge in [0.05, 0.1) is 18.6 Å². The Morgan fingerprint density at radius 2 is 2.17 bits per heavy atom. The summed E-state index contributed by atoms with van der Waals surface area (Å²) in [6.07, 6.45) is 0. The van der Waals surface area contributed by atoms with E-state index < -0.39 is 10.2 Å². The Morgan fingerprint density at radius 3 is 2.72 bits per heavy atom. The highest BCUT2D eigenvalue weighted by molar-refractivity contribution is 8.06. The van der Waals surface area contributed by atoms with Crippen molar-refractivity contribution in [2.45, 2.75) is 18.1 Å². The van der Waals surface area contributed by atoms with E-state index in [1.807, 2.05) is 6.92 Å². The Hall–Kier alpha value is -0.270. The zero-order valence-corrected chi connectivity index (χ0v) is 12.6. The quantitative estimate of drug-likeness (QED) is 0.209. The van der Waals surface area contributed by atoms with Crippen LogP contribution in [0.2, 0.25) is 0 Å². The summed E-state index contributed by atoms with van der Waals surface area (Å²) in [6, 6.07) is 0. The van der Waals surface area contributed by atoms with Gasteiger partial charge in [-0.3, -0.25) is 10.9 Å². The number of hydrogen-bond acceptors (Lipinski definition) is 6. The van der Waals surface area contributed by atoms with Crippen LogP contribution in [0.15, 0.2) is 11.5 Å². The van der Waals surface area contributed by atoms with Crippen molar-refractivity contribution >= 4 is 29.3 Å². The molecule has 0 aliphatic carbocycles. The third kappa shape index (κ3) is 8.77. The van der Waals surface area contributed by atoms with E-state index >= 15 is 0 Å². The molecule has 1 unspecified atom stereocenters. The molecule has 0 saturated carbocycles. The van der Waals surface area contributed by atoms with Gasteiger partial charge < -0.3 is 9.47 Å². The van der Waals surface area contributed by atoms with Gasteiger partial charge in [0.15, 0.2) is 0 Å². The van der Waals surface area contributed by atoms with Crippen molar-refractivity contribution in [3.63, 3.8) is 0 Å². The van der Waals surface area contributed by atoms with Gasteiger partial charge in [0.1, 0.15) is 4.21 Å². The van der Waals surface area contributed by atoms with E-state index in [-0.39, 0.29) is 4.91 Å². The van der Waals surface area contributed by atoms with Crippen molar-refractivity contribution in [2.75, 3.05) is 33.4 Å². The molecule has 106 valence electrons. The van der Waals surface area contributed by atoms with Crippen LogP contribution in [-0.2, 0) is 14.3 Å². The van der Waals surface area contributed by atoms with E-state index in [4.69, 9.17) is 16.3 Å². The van der Waals surface area contributed by atoms with Crippen molar-refractivity contribution in [3.05, 3.63) is 11.5 Å². The monoisotopic (exact) mass is 296 g/mol. The van der Waals surface area contributed by atoms with Crippen LogP contribution in [-0.4, -0.2) is 43.6 Å². The fourth-order valence-corrected chi connectivity index (χ4v) is 2.20. The first-order valence-corrected chi connectivity index (χ1v) is 6.81. The maximum atomic E-state index is 11.2. The summed E-state index contributed by atoms with van der Waals surface area (Å²) in [7, 11) is 1.31. The van der Waals surface area contributed by atoms with Crippen LogP contribution in [0.5, 0.6) is 0 Å². The number of nitrogens with one attached hydrogen (secondary N) is 2. The molecule has 0 heterocycles. The molecule has 1 atom stereocenters. The van der Waals surface area contributed by atoms with Crippen molar-refractivity contribution < 1.29 is 14.3 Å². The molecule has 0 rings (SSSR count). The molecule has 0 aromatic heterocycles. The minimum absolute atomic E-state index is 0.283. The maximum absolute atomic E-state index is 11.2. The lowest BCUT2D eigenvalue weighted by molar-refractivity contribution is -0.135. The summed E-state index contributed by atoms with van der Waals surface area (Å²) >= 11 is 7.40. The number of hydrazine groups is 1. The van der Waals surface area contributed by atoms with Gasteiger partial charge in [-0.05, 0) is 13.8 Å². The molecule has 0 radical (unpaired) electrons. The Balaban J connectivity index is 3.79. The molecular formula is C11H21ClN2O3S. The molecule has 0 spiro atoms. The zero-order valence-electron chi connectivity index (χ0n) is 11.0. The number of halogens is 1. The number of ether oxygens (including phenoxy) is 2. The topological polar surface area (TPSA) is 59.6 Å². The number of thioether (sulfide) groups is 1. The van der Waals surface area contributed by atoms with Gasteiger partial charge in [-0.25, -0.2) is 4.79 Å². The zero-order chi connectivity index (χ0) is 14.0. The molecular weight excluding hydrogens is 276 g/mol. The van der Waals surface area contributed by atoms with Crippen LogP contribution < -0.4 is 10.9 Å². The molecule has 0 amide bonds. The Kier molecular flexibility index (Phi) is 9.49. The van der Waals surface area contributed by atoms with E-state index in [1.54, 1.807) is 6.92 Å². The average Bonchev–Trinajstić information content (AvgIpc) is 2.31. The van der Waals surface area contributed by atoms with Crippen LogP contribution in [0.4, 0.5) is 0 Å². The van der Waals surface area contributed by atoms with Gasteiger partial charge in [0.25, 0.3) is 0 Å². The van der Waals surface area contributed by atoms with Gasteiger partial charge in [-0.1, -0.05) is 18.3 Å². The second-order valence-electron chi connectivity index (χ2n) is 3.60. The molecule has 0 saturated heterocycles. The first-order chi connectivity index (χ1) is 8.43. The van der Waals surface area contributed by atoms with E-state index in [2.05, 4.69) is 22.2 Å². The Labute approximate surface area is 118 Å². The largest absolute Gasteiger partial charge is 0.465 e. The second-order valence-corrected chi connectivity index (χ2v) is 6.25. The van der Waals surface area contributed by atoms with Crippen molar-refractivity contribution in [3.8, 4) is 0 Å². The average molecular weight is 297 g/mol. The van der Waals surface area contributed by atoms with Crippen LogP contribution in [0.3, 0.4) is 0 Å². The number of alkyl halides is 1. The van der Waals surface area contributed by atoms with E-state index in [1.165, 1.54) is 18.9 Å². The molecule has 7 heteroatoms. The van der Waals surface area contributed by atoms with E-state index in [0.29, 0.717) is 26.3 Å². The smallest absolute Gasteiger partial charge is 0.343 e. The van der Waals surface area contributed by atoms with Crippen LogP contribution in [0, 0.1) is 0 Å². The van der Waals surface area contributed by atoms with Gasteiger partial charge >= 0.3 is 5.97 Å². The minimum Gasteiger partial charge on any atom is -0.465 e. The second kappa shape index (κ2) is 9.63. The Morgan fingerprint density at radius 1 is 1.50 bits per heavy atom. The third-order valence-corrected chi connectivity index (χ3v) is 3.20.